The molecule has 0 fully saturated rings. The first-order chi connectivity index (χ1) is 16.4. The van der Waals surface area contributed by atoms with Crippen LogP contribution in [0.4, 0.5) is 5.69 Å². The molecule has 1 aromatic heterocycles. The summed E-state index contributed by atoms with van der Waals surface area (Å²) in [6.07, 6.45) is 2.68. The van der Waals surface area contributed by atoms with Crippen molar-refractivity contribution < 1.29 is 29.5 Å². The fraction of sp³-hybridized carbons (Fsp3) is 0.360. The molecule has 0 spiro atoms. The van der Waals surface area contributed by atoms with Crippen LogP contribution in [0.15, 0.2) is 36.5 Å². The molecular weight excluding hydrogens is 454 g/mol. The Morgan fingerprint density at radius 2 is 1.65 bits per heavy atom. The van der Waals surface area contributed by atoms with Crippen molar-refractivity contribution in [1.82, 2.24) is 4.37 Å². The van der Waals surface area contributed by atoms with Gasteiger partial charge in [-0.05, 0) is 47.8 Å². The summed E-state index contributed by atoms with van der Waals surface area (Å²) in [4.78, 5) is 13.7. The molecule has 1 unspecified atom stereocenters. The van der Waals surface area contributed by atoms with Crippen molar-refractivity contribution in [3.05, 3.63) is 36.5 Å². The van der Waals surface area contributed by atoms with Crippen LogP contribution in [-0.4, -0.2) is 44.8 Å². The van der Waals surface area contributed by atoms with Crippen LogP contribution in [-0.2, 0) is 4.79 Å². The molecule has 8 nitrogen and oxygen atoms in total. The largest absolute Gasteiger partial charge is 0.495 e. The van der Waals surface area contributed by atoms with Gasteiger partial charge in [0, 0.05) is 23.2 Å². The lowest BCUT2D eigenvalue weighted by atomic mass is 9.99. The molecule has 182 valence electrons. The van der Waals surface area contributed by atoms with Crippen LogP contribution < -0.4 is 30.0 Å². The Balaban J connectivity index is 2.03. The molecule has 3 aromatic rings. The Kier molecular flexibility index (Phi) is 8.36. The van der Waals surface area contributed by atoms with Crippen LogP contribution >= 0.6 is 11.5 Å². The number of quaternary nitrogens is 1. The number of ether oxygens (including phenoxy) is 4. The van der Waals surface area contributed by atoms with Crippen LogP contribution in [0.2, 0.25) is 0 Å². The monoisotopic (exact) mass is 486 g/mol. The average molecular weight is 487 g/mol. The molecule has 0 aliphatic heterocycles. The van der Waals surface area contributed by atoms with Crippen molar-refractivity contribution in [1.29, 1.82) is 0 Å². The highest BCUT2D eigenvalue weighted by Crippen LogP contribution is 2.45. The van der Waals surface area contributed by atoms with E-state index in [2.05, 4.69) is 15.4 Å². The second-order valence-corrected chi connectivity index (χ2v) is 8.68. The Labute approximate surface area is 204 Å². The van der Waals surface area contributed by atoms with Crippen LogP contribution in [0, 0.1) is 5.92 Å². The fourth-order valence-electron chi connectivity index (χ4n) is 3.61. The molecule has 3 rings (SSSR count). The number of aromatic nitrogens is 1. The molecule has 0 saturated heterocycles. The van der Waals surface area contributed by atoms with Crippen molar-refractivity contribution in [2.75, 3.05) is 33.8 Å². The number of benzene rings is 2. The number of hydrogen-bond donors (Lipinski definition) is 2. The fourth-order valence-corrected chi connectivity index (χ4v) is 4.36. The maximum Gasteiger partial charge on any atom is 0.282 e. The van der Waals surface area contributed by atoms with E-state index in [1.165, 1.54) is 11.5 Å². The van der Waals surface area contributed by atoms with Gasteiger partial charge in [0.25, 0.3) is 5.91 Å². The van der Waals surface area contributed by atoms with Crippen molar-refractivity contribution in [2.24, 2.45) is 5.92 Å². The average Bonchev–Trinajstić information content (AvgIpc) is 3.36. The molecule has 0 aliphatic rings. The van der Waals surface area contributed by atoms with Gasteiger partial charge in [0.15, 0.2) is 17.5 Å². The summed E-state index contributed by atoms with van der Waals surface area (Å²) in [7, 11) is 6.32. The number of rotatable bonds is 10. The smallest absolute Gasteiger partial charge is 0.282 e. The topological polar surface area (TPSA) is 107 Å². The van der Waals surface area contributed by atoms with Gasteiger partial charge < -0.3 is 30.0 Å². The summed E-state index contributed by atoms with van der Waals surface area (Å²) < 4.78 is 26.4. The minimum Gasteiger partial charge on any atom is -0.495 e. The van der Waals surface area contributed by atoms with E-state index >= 15 is 0 Å². The van der Waals surface area contributed by atoms with E-state index in [0.29, 0.717) is 28.7 Å². The summed E-state index contributed by atoms with van der Waals surface area (Å²) >= 11 is 1.36. The van der Waals surface area contributed by atoms with E-state index in [1.807, 2.05) is 44.2 Å². The van der Waals surface area contributed by atoms with Gasteiger partial charge in [-0.25, -0.2) is 0 Å². The number of carbonyl (C=O) groups excluding carboxylic acids is 1. The number of nitrogens with zero attached hydrogens (tertiary/aromatic N) is 1. The standard InChI is InChI=1S/C25H31N3O5S/c1-7-14(2)22(26)25(29)28-18-10-15(8-9-19(18)30-3)17-13-27-34-24(17)16-11-20(31-4)23(33-6)21(12-16)32-5/h8-14,22H,7,26H2,1-6H3,(H,28,29)/p+1/t14?,22-/m0/s1. The van der Waals surface area contributed by atoms with E-state index in [0.717, 1.165) is 28.0 Å². The van der Waals surface area contributed by atoms with Crippen LogP contribution in [0.3, 0.4) is 0 Å². The lowest BCUT2D eigenvalue weighted by molar-refractivity contribution is -0.414. The molecular formula is C25H32N3O5S+. The molecule has 0 saturated carbocycles. The third-order valence-electron chi connectivity index (χ3n) is 5.93. The molecule has 2 aromatic carbocycles. The molecule has 0 aliphatic carbocycles. The highest BCUT2D eigenvalue weighted by atomic mass is 32.1. The zero-order valence-electron chi connectivity index (χ0n) is 20.4. The number of carbonyl (C=O) groups is 1. The van der Waals surface area contributed by atoms with Gasteiger partial charge in [-0.15, -0.1) is 0 Å². The normalized spacial score (nSPS) is 12.6. The maximum atomic E-state index is 12.8. The Morgan fingerprint density at radius 3 is 2.21 bits per heavy atom. The second kappa shape index (κ2) is 11.2. The van der Waals surface area contributed by atoms with Crippen LogP contribution in [0.1, 0.15) is 20.3 Å². The number of amides is 1. The van der Waals surface area contributed by atoms with Gasteiger partial charge in [0.1, 0.15) is 5.75 Å². The van der Waals surface area contributed by atoms with Crippen LogP contribution in [0.25, 0.3) is 21.6 Å². The molecule has 4 N–H and O–H groups in total. The van der Waals surface area contributed by atoms with Gasteiger partial charge in [0.05, 0.1) is 39.0 Å². The highest BCUT2D eigenvalue weighted by Gasteiger charge is 2.25. The SMILES string of the molecule is CCC(C)[C@H]([NH3+])C(=O)Nc1cc(-c2cnsc2-c2cc(OC)c(OC)c(OC)c2)ccc1OC. The highest BCUT2D eigenvalue weighted by molar-refractivity contribution is 7.10. The molecule has 9 heteroatoms. The van der Waals surface area contributed by atoms with Crippen molar-refractivity contribution in [3.8, 4) is 44.6 Å². The van der Waals surface area contributed by atoms with Crippen LogP contribution in [0.5, 0.6) is 23.0 Å². The first-order valence-electron chi connectivity index (χ1n) is 11.0. The zero-order valence-corrected chi connectivity index (χ0v) is 21.2. The Bertz CT molecular complexity index is 1120. The third kappa shape index (κ3) is 5.10. The summed E-state index contributed by atoms with van der Waals surface area (Å²) in [5.41, 5.74) is 7.30. The predicted octanol–water partition coefficient (Wildman–Crippen LogP) is 4.11. The minimum absolute atomic E-state index is 0.141. The predicted molar refractivity (Wildman–Crippen MR) is 134 cm³/mol. The number of nitrogens with one attached hydrogen (secondary N) is 1. The van der Waals surface area contributed by atoms with Crippen molar-refractivity contribution in [2.45, 2.75) is 26.3 Å². The second-order valence-electron chi connectivity index (χ2n) is 7.88. The number of hydrogen-bond acceptors (Lipinski definition) is 7. The first-order valence-corrected chi connectivity index (χ1v) is 11.7. The lowest BCUT2D eigenvalue weighted by Crippen LogP contribution is -2.69. The molecule has 2 atom stereocenters. The number of methoxy groups -OCH3 is 4. The third-order valence-corrected chi connectivity index (χ3v) is 6.78. The van der Waals surface area contributed by atoms with E-state index in [1.54, 1.807) is 34.6 Å². The van der Waals surface area contributed by atoms with Gasteiger partial charge >= 0.3 is 0 Å². The maximum absolute atomic E-state index is 12.8. The summed E-state index contributed by atoms with van der Waals surface area (Å²) in [5.74, 6) is 2.25. The molecule has 0 bridgehead atoms. The van der Waals surface area contributed by atoms with Crippen molar-refractivity contribution >= 4 is 23.1 Å². The van der Waals surface area contributed by atoms with Gasteiger partial charge in [-0.1, -0.05) is 19.9 Å². The van der Waals surface area contributed by atoms with Gasteiger partial charge in [-0.3, -0.25) is 4.79 Å². The van der Waals surface area contributed by atoms with E-state index < -0.39 is 0 Å². The molecule has 1 heterocycles. The lowest BCUT2D eigenvalue weighted by Gasteiger charge is -2.17. The first kappa shape index (κ1) is 25.3. The van der Waals surface area contributed by atoms with E-state index in [9.17, 15) is 4.79 Å². The molecule has 34 heavy (non-hydrogen) atoms. The van der Waals surface area contributed by atoms with Gasteiger partial charge in [0.2, 0.25) is 5.75 Å². The summed E-state index contributed by atoms with van der Waals surface area (Å²) in [5, 5.41) is 2.99. The molecule has 1 amide bonds. The number of anilines is 1. The zero-order chi connectivity index (χ0) is 24.8. The minimum atomic E-state index is -0.365. The van der Waals surface area contributed by atoms with Gasteiger partial charge in [-0.2, -0.15) is 4.37 Å². The Hall–Kier alpha value is -3.30. The Morgan fingerprint density at radius 1 is 1.00 bits per heavy atom. The van der Waals surface area contributed by atoms with Crippen molar-refractivity contribution in [3.63, 3.8) is 0 Å². The van der Waals surface area contributed by atoms with E-state index in [4.69, 9.17) is 18.9 Å². The molecule has 0 radical (unpaired) electrons. The quantitative estimate of drug-likeness (QED) is 0.447. The summed E-state index contributed by atoms with van der Waals surface area (Å²) in [6.45, 7) is 4.07. The summed E-state index contributed by atoms with van der Waals surface area (Å²) in [6, 6.07) is 9.09. The van der Waals surface area contributed by atoms with E-state index in [-0.39, 0.29) is 17.9 Å².